The van der Waals surface area contributed by atoms with Crippen LogP contribution in [-0.4, -0.2) is 50.5 Å². The van der Waals surface area contributed by atoms with E-state index < -0.39 is 0 Å². The summed E-state index contributed by atoms with van der Waals surface area (Å²) >= 11 is 1.51. The number of carbonyl (C=O) groups excluding carboxylic acids is 1. The number of nitrogens with two attached hydrogens (primary N) is 1. The van der Waals surface area contributed by atoms with E-state index in [1.807, 2.05) is 0 Å². The van der Waals surface area contributed by atoms with Crippen LogP contribution in [0.3, 0.4) is 0 Å². The minimum absolute atomic E-state index is 0.195. The first-order chi connectivity index (χ1) is 10.2. The lowest BCUT2D eigenvalue weighted by atomic mass is 10.2. The highest BCUT2D eigenvalue weighted by atomic mass is 32.1. The SMILES string of the molecule is CCN1CCN(c2sc(C(=O)C3CC3)c(N)c2OC)CC1. The molecule has 1 aromatic heterocycles. The van der Waals surface area contributed by atoms with Gasteiger partial charge in [0.25, 0.3) is 0 Å². The van der Waals surface area contributed by atoms with E-state index in [0.29, 0.717) is 16.3 Å². The standard InChI is InChI=1S/C15H23N3O2S/c1-3-17-6-8-18(9-7-17)15-13(20-2)11(16)14(21-15)12(19)10-4-5-10/h10H,3-9,16H2,1-2H3. The van der Waals surface area contributed by atoms with E-state index in [-0.39, 0.29) is 11.7 Å². The summed E-state index contributed by atoms with van der Waals surface area (Å²) in [6, 6.07) is 0. The first-order valence-electron chi connectivity index (χ1n) is 7.63. The summed E-state index contributed by atoms with van der Waals surface area (Å²) < 4.78 is 5.49. The van der Waals surface area contributed by atoms with E-state index in [1.165, 1.54) is 11.3 Å². The number of nitrogen functional groups attached to an aromatic ring is 1. The van der Waals surface area contributed by atoms with Crippen molar-refractivity contribution in [1.29, 1.82) is 0 Å². The molecule has 2 fully saturated rings. The van der Waals surface area contributed by atoms with Gasteiger partial charge in [-0.25, -0.2) is 0 Å². The zero-order chi connectivity index (χ0) is 15.0. The van der Waals surface area contributed by atoms with E-state index in [2.05, 4.69) is 16.7 Å². The third-order valence-corrected chi connectivity index (χ3v) is 5.63. The van der Waals surface area contributed by atoms with Crippen LogP contribution in [0, 0.1) is 5.92 Å². The largest absolute Gasteiger partial charge is 0.492 e. The number of thiophene rings is 1. The number of ketones is 1. The molecule has 0 spiro atoms. The molecule has 2 N–H and O–H groups in total. The molecule has 3 rings (SSSR count). The molecular weight excluding hydrogens is 286 g/mol. The maximum absolute atomic E-state index is 12.3. The van der Waals surface area contributed by atoms with Crippen molar-refractivity contribution < 1.29 is 9.53 Å². The Morgan fingerprint density at radius 3 is 2.52 bits per heavy atom. The van der Waals surface area contributed by atoms with E-state index in [4.69, 9.17) is 10.5 Å². The Morgan fingerprint density at radius 1 is 1.33 bits per heavy atom. The number of hydrogen-bond donors (Lipinski definition) is 1. The molecule has 1 saturated carbocycles. The van der Waals surface area contributed by atoms with Gasteiger partial charge in [-0.3, -0.25) is 4.79 Å². The predicted molar refractivity (Wildman–Crippen MR) is 86.7 cm³/mol. The number of rotatable bonds is 5. The van der Waals surface area contributed by atoms with Crippen LogP contribution in [0.1, 0.15) is 29.4 Å². The van der Waals surface area contributed by atoms with Crippen LogP contribution in [-0.2, 0) is 0 Å². The molecule has 0 amide bonds. The van der Waals surface area contributed by atoms with Crippen LogP contribution in [0.15, 0.2) is 0 Å². The highest BCUT2D eigenvalue weighted by Gasteiger charge is 2.35. The van der Waals surface area contributed by atoms with E-state index in [0.717, 1.165) is 50.6 Å². The molecule has 0 aromatic carbocycles. The summed E-state index contributed by atoms with van der Waals surface area (Å²) in [7, 11) is 1.63. The first-order valence-corrected chi connectivity index (χ1v) is 8.45. The van der Waals surface area contributed by atoms with Crippen molar-refractivity contribution in [3.8, 4) is 5.75 Å². The van der Waals surface area contributed by atoms with Crippen molar-refractivity contribution in [2.45, 2.75) is 19.8 Å². The number of carbonyl (C=O) groups is 1. The molecule has 0 bridgehead atoms. The third-order valence-electron chi connectivity index (χ3n) is 4.37. The number of likely N-dealkylation sites (N-methyl/N-ethyl adjacent to an activating group) is 1. The van der Waals surface area contributed by atoms with Gasteiger partial charge < -0.3 is 20.3 Å². The lowest BCUT2D eigenvalue weighted by Crippen LogP contribution is -2.46. The molecule has 21 heavy (non-hydrogen) atoms. The molecule has 0 radical (unpaired) electrons. The van der Waals surface area contributed by atoms with Gasteiger partial charge in [0.05, 0.1) is 17.7 Å². The molecule has 0 unspecified atom stereocenters. The summed E-state index contributed by atoms with van der Waals surface area (Å²) in [6.45, 7) is 7.28. The fourth-order valence-corrected chi connectivity index (χ4v) is 4.06. The third kappa shape index (κ3) is 2.74. The lowest BCUT2D eigenvalue weighted by molar-refractivity contribution is 0.0972. The normalized spacial score (nSPS) is 19.8. The van der Waals surface area contributed by atoms with E-state index >= 15 is 0 Å². The van der Waals surface area contributed by atoms with Gasteiger partial charge in [-0.05, 0) is 19.4 Å². The minimum atomic E-state index is 0.195. The Balaban J connectivity index is 1.84. The van der Waals surface area contributed by atoms with Crippen LogP contribution in [0.25, 0.3) is 0 Å². The van der Waals surface area contributed by atoms with Crippen molar-refractivity contribution in [3.05, 3.63) is 4.88 Å². The smallest absolute Gasteiger partial charge is 0.178 e. The number of nitrogens with zero attached hydrogens (tertiary/aromatic N) is 2. The number of Topliss-reactive ketones (excluding diaryl/α,β-unsaturated/α-hetero) is 1. The van der Waals surface area contributed by atoms with Crippen LogP contribution >= 0.6 is 11.3 Å². The average molecular weight is 309 g/mol. The number of ether oxygens (including phenoxy) is 1. The zero-order valence-electron chi connectivity index (χ0n) is 12.7. The molecule has 1 saturated heterocycles. The highest BCUT2D eigenvalue weighted by Crippen LogP contribution is 2.47. The molecule has 116 valence electrons. The Labute approximate surface area is 129 Å². The fraction of sp³-hybridized carbons (Fsp3) is 0.667. The second-order valence-electron chi connectivity index (χ2n) is 5.74. The van der Waals surface area contributed by atoms with Gasteiger partial charge in [0.1, 0.15) is 5.00 Å². The van der Waals surface area contributed by atoms with Crippen LogP contribution in [0.2, 0.25) is 0 Å². The van der Waals surface area contributed by atoms with Crippen molar-refractivity contribution in [2.24, 2.45) is 5.92 Å². The van der Waals surface area contributed by atoms with Gasteiger partial charge in [0, 0.05) is 32.1 Å². The molecule has 0 atom stereocenters. The fourth-order valence-electron chi connectivity index (χ4n) is 2.80. The summed E-state index contributed by atoms with van der Waals surface area (Å²) in [5, 5.41) is 1.02. The zero-order valence-corrected chi connectivity index (χ0v) is 13.5. The number of methoxy groups -OCH3 is 1. The van der Waals surface area contributed by atoms with Crippen molar-refractivity contribution >= 4 is 27.8 Å². The number of hydrogen-bond acceptors (Lipinski definition) is 6. The van der Waals surface area contributed by atoms with Gasteiger partial charge >= 0.3 is 0 Å². The average Bonchev–Trinajstić information content (AvgIpc) is 3.30. The lowest BCUT2D eigenvalue weighted by Gasteiger charge is -2.34. The van der Waals surface area contributed by atoms with Crippen LogP contribution in [0.4, 0.5) is 10.7 Å². The Hall–Kier alpha value is -1.27. The first kappa shape index (κ1) is 14.7. The van der Waals surface area contributed by atoms with Gasteiger partial charge in [-0.2, -0.15) is 0 Å². The van der Waals surface area contributed by atoms with Gasteiger partial charge in [-0.15, -0.1) is 11.3 Å². The highest BCUT2D eigenvalue weighted by molar-refractivity contribution is 7.19. The van der Waals surface area contributed by atoms with Crippen molar-refractivity contribution in [2.75, 3.05) is 50.5 Å². The minimum Gasteiger partial charge on any atom is -0.492 e. The molecule has 6 heteroatoms. The Bertz CT molecular complexity index is 531. The molecule has 1 aliphatic carbocycles. The van der Waals surface area contributed by atoms with Gasteiger partial charge in [0.2, 0.25) is 0 Å². The maximum atomic E-state index is 12.3. The predicted octanol–water partition coefficient (Wildman–Crippen LogP) is 2.07. The molecule has 1 aromatic rings. The molecule has 5 nitrogen and oxygen atoms in total. The maximum Gasteiger partial charge on any atom is 0.178 e. The molecular formula is C15H23N3O2S. The quantitative estimate of drug-likeness (QED) is 0.844. The van der Waals surface area contributed by atoms with E-state index in [1.54, 1.807) is 7.11 Å². The topological polar surface area (TPSA) is 58.8 Å². The van der Waals surface area contributed by atoms with E-state index in [9.17, 15) is 4.79 Å². The number of piperazine rings is 1. The summed E-state index contributed by atoms with van der Waals surface area (Å²) in [5.41, 5.74) is 6.70. The Kier molecular flexibility index (Phi) is 4.08. The summed E-state index contributed by atoms with van der Waals surface area (Å²) in [4.78, 5) is 17.8. The van der Waals surface area contributed by atoms with Gasteiger partial charge in [-0.1, -0.05) is 6.92 Å². The molecule has 1 aliphatic heterocycles. The molecule has 2 heterocycles. The summed E-state index contributed by atoms with van der Waals surface area (Å²) in [6.07, 6.45) is 2.01. The second-order valence-corrected chi connectivity index (χ2v) is 6.74. The van der Waals surface area contributed by atoms with Crippen LogP contribution < -0.4 is 15.4 Å². The number of anilines is 2. The van der Waals surface area contributed by atoms with Crippen LogP contribution in [0.5, 0.6) is 5.75 Å². The van der Waals surface area contributed by atoms with Gasteiger partial charge in [0.15, 0.2) is 11.5 Å². The second kappa shape index (κ2) is 5.85. The van der Waals surface area contributed by atoms with Crippen molar-refractivity contribution in [1.82, 2.24) is 4.90 Å². The molecule has 2 aliphatic rings. The Morgan fingerprint density at radius 2 is 2.00 bits per heavy atom. The van der Waals surface area contributed by atoms with Crippen molar-refractivity contribution in [3.63, 3.8) is 0 Å². The monoisotopic (exact) mass is 309 g/mol. The summed E-state index contributed by atoms with van der Waals surface area (Å²) in [5.74, 6) is 1.09.